The SMILES string of the molecule is C=C1CCC2CCC3CC12OC3(C)C. The van der Waals surface area contributed by atoms with Gasteiger partial charge in [-0.2, -0.15) is 0 Å². The molecular formula is C13H20O. The second-order valence-electron chi connectivity index (χ2n) is 5.91. The second kappa shape index (κ2) is 2.44. The molecule has 1 heteroatoms. The predicted molar refractivity (Wildman–Crippen MR) is 57.1 cm³/mol. The number of rotatable bonds is 0. The van der Waals surface area contributed by atoms with Crippen molar-refractivity contribution in [2.75, 3.05) is 0 Å². The lowest BCUT2D eigenvalue weighted by Gasteiger charge is -2.35. The van der Waals surface area contributed by atoms with E-state index < -0.39 is 0 Å². The minimum Gasteiger partial charge on any atom is -0.364 e. The maximum absolute atomic E-state index is 6.40. The van der Waals surface area contributed by atoms with Gasteiger partial charge in [0.05, 0.1) is 11.2 Å². The molecule has 0 aromatic carbocycles. The molecule has 1 aliphatic heterocycles. The smallest absolute Gasteiger partial charge is 0.0928 e. The highest BCUT2D eigenvalue weighted by atomic mass is 16.5. The molecule has 0 amide bonds. The molecule has 3 aliphatic rings. The molecule has 3 fully saturated rings. The van der Waals surface area contributed by atoms with E-state index in [1.807, 2.05) is 0 Å². The molecule has 2 bridgehead atoms. The van der Waals surface area contributed by atoms with Crippen LogP contribution in [0.3, 0.4) is 0 Å². The lowest BCUT2D eigenvalue weighted by molar-refractivity contribution is -0.0822. The van der Waals surface area contributed by atoms with E-state index in [1.165, 1.54) is 37.7 Å². The molecule has 14 heavy (non-hydrogen) atoms. The third kappa shape index (κ3) is 0.894. The van der Waals surface area contributed by atoms with Gasteiger partial charge in [0.2, 0.25) is 0 Å². The molecule has 3 rings (SSSR count). The van der Waals surface area contributed by atoms with Crippen LogP contribution in [0.25, 0.3) is 0 Å². The Hall–Kier alpha value is -0.300. The molecule has 1 spiro atoms. The fraction of sp³-hybridized carbons (Fsp3) is 0.846. The maximum atomic E-state index is 6.40. The van der Waals surface area contributed by atoms with E-state index in [0.29, 0.717) is 0 Å². The van der Waals surface area contributed by atoms with Crippen molar-refractivity contribution in [1.29, 1.82) is 0 Å². The van der Waals surface area contributed by atoms with Crippen molar-refractivity contribution in [3.8, 4) is 0 Å². The molecule has 1 heterocycles. The largest absolute Gasteiger partial charge is 0.364 e. The Labute approximate surface area is 86.5 Å². The number of hydrogen-bond donors (Lipinski definition) is 0. The molecule has 1 saturated heterocycles. The molecule has 0 aromatic heterocycles. The van der Waals surface area contributed by atoms with Crippen LogP contribution >= 0.6 is 0 Å². The second-order valence-corrected chi connectivity index (χ2v) is 5.91. The van der Waals surface area contributed by atoms with Gasteiger partial charge in [0.1, 0.15) is 0 Å². The van der Waals surface area contributed by atoms with E-state index in [2.05, 4.69) is 20.4 Å². The quantitative estimate of drug-likeness (QED) is 0.535. The minimum absolute atomic E-state index is 0.0992. The normalized spacial score (nSPS) is 49.4. The van der Waals surface area contributed by atoms with Gasteiger partial charge in [-0.3, -0.25) is 0 Å². The van der Waals surface area contributed by atoms with E-state index in [0.717, 1.165) is 11.8 Å². The van der Waals surface area contributed by atoms with Crippen LogP contribution < -0.4 is 0 Å². The summed E-state index contributed by atoms with van der Waals surface area (Å²) in [7, 11) is 0. The zero-order chi connectivity index (χ0) is 9.97. The van der Waals surface area contributed by atoms with Crippen molar-refractivity contribution in [1.82, 2.24) is 0 Å². The first-order chi connectivity index (χ1) is 6.55. The molecular weight excluding hydrogens is 172 g/mol. The van der Waals surface area contributed by atoms with Gasteiger partial charge in [-0.25, -0.2) is 0 Å². The van der Waals surface area contributed by atoms with E-state index in [1.54, 1.807) is 0 Å². The molecule has 3 atom stereocenters. The van der Waals surface area contributed by atoms with Crippen LogP contribution in [0.2, 0.25) is 0 Å². The standard InChI is InChI=1S/C13H20O/c1-9-4-5-10-6-7-11-8-13(9,10)14-12(11,2)3/h10-11H,1,4-8H2,2-3H3. The minimum atomic E-state index is 0.0992. The van der Waals surface area contributed by atoms with Gasteiger partial charge in [-0.15, -0.1) is 0 Å². The Bertz CT molecular complexity index is 292. The highest BCUT2D eigenvalue weighted by Crippen LogP contribution is 2.60. The first-order valence-electron chi connectivity index (χ1n) is 5.93. The third-order valence-corrected chi connectivity index (χ3v) is 4.89. The van der Waals surface area contributed by atoms with Gasteiger partial charge < -0.3 is 4.74 Å². The van der Waals surface area contributed by atoms with Crippen molar-refractivity contribution in [2.24, 2.45) is 11.8 Å². The van der Waals surface area contributed by atoms with Gasteiger partial charge in [-0.1, -0.05) is 6.58 Å². The molecule has 0 radical (unpaired) electrons. The monoisotopic (exact) mass is 192 g/mol. The number of fused-ring (bicyclic) bond motifs is 1. The first-order valence-corrected chi connectivity index (χ1v) is 5.93. The van der Waals surface area contributed by atoms with Gasteiger partial charge in [-0.05, 0) is 63.4 Å². The van der Waals surface area contributed by atoms with Gasteiger partial charge >= 0.3 is 0 Å². The Balaban J connectivity index is 2.03. The molecule has 78 valence electrons. The van der Waals surface area contributed by atoms with Crippen LogP contribution in [-0.4, -0.2) is 11.2 Å². The summed E-state index contributed by atoms with van der Waals surface area (Å²) in [6.07, 6.45) is 6.51. The van der Waals surface area contributed by atoms with Crippen molar-refractivity contribution < 1.29 is 4.74 Å². The van der Waals surface area contributed by atoms with Crippen molar-refractivity contribution in [2.45, 2.75) is 57.2 Å². The van der Waals surface area contributed by atoms with Crippen LogP contribution in [0.5, 0.6) is 0 Å². The van der Waals surface area contributed by atoms with Gasteiger partial charge in [0.25, 0.3) is 0 Å². The molecule has 1 nitrogen and oxygen atoms in total. The Kier molecular flexibility index (Phi) is 1.56. The predicted octanol–water partition coefficient (Wildman–Crippen LogP) is 3.30. The van der Waals surface area contributed by atoms with Crippen molar-refractivity contribution >= 4 is 0 Å². The number of hydrogen-bond acceptors (Lipinski definition) is 1. The fourth-order valence-corrected chi connectivity index (χ4v) is 3.98. The van der Waals surface area contributed by atoms with Gasteiger partial charge in [0, 0.05) is 0 Å². The Morgan fingerprint density at radius 3 is 2.71 bits per heavy atom. The summed E-state index contributed by atoms with van der Waals surface area (Å²) >= 11 is 0. The maximum Gasteiger partial charge on any atom is 0.0928 e. The van der Waals surface area contributed by atoms with Crippen LogP contribution in [0, 0.1) is 11.8 Å². The molecule has 0 N–H and O–H groups in total. The van der Waals surface area contributed by atoms with Crippen LogP contribution in [0.15, 0.2) is 12.2 Å². The summed E-state index contributed by atoms with van der Waals surface area (Å²) in [5.41, 5.74) is 1.59. The zero-order valence-electron chi connectivity index (χ0n) is 9.31. The number of ether oxygens (including phenoxy) is 1. The van der Waals surface area contributed by atoms with Crippen LogP contribution in [0.1, 0.15) is 46.0 Å². The molecule has 3 unspecified atom stereocenters. The third-order valence-electron chi connectivity index (χ3n) is 4.89. The lowest BCUT2D eigenvalue weighted by atomic mass is 9.71. The summed E-state index contributed by atoms with van der Waals surface area (Å²) in [5, 5.41) is 0. The summed E-state index contributed by atoms with van der Waals surface area (Å²) in [5.74, 6) is 1.56. The lowest BCUT2D eigenvalue weighted by Crippen LogP contribution is -2.36. The molecule has 2 saturated carbocycles. The van der Waals surface area contributed by atoms with Crippen molar-refractivity contribution in [3.05, 3.63) is 12.2 Å². The first kappa shape index (κ1) is 8.96. The van der Waals surface area contributed by atoms with Gasteiger partial charge in [0.15, 0.2) is 0 Å². The highest BCUT2D eigenvalue weighted by Gasteiger charge is 2.60. The van der Waals surface area contributed by atoms with Crippen LogP contribution in [0.4, 0.5) is 0 Å². The molecule has 2 aliphatic carbocycles. The fourth-order valence-electron chi connectivity index (χ4n) is 3.98. The van der Waals surface area contributed by atoms with Crippen LogP contribution in [-0.2, 0) is 4.74 Å². The van der Waals surface area contributed by atoms with E-state index in [-0.39, 0.29) is 11.2 Å². The summed E-state index contributed by atoms with van der Waals surface area (Å²) in [6.45, 7) is 8.78. The Morgan fingerprint density at radius 1 is 1.21 bits per heavy atom. The Morgan fingerprint density at radius 2 is 1.93 bits per heavy atom. The summed E-state index contributed by atoms with van der Waals surface area (Å²) in [4.78, 5) is 0. The summed E-state index contributed by atoms with van der Waals surface area (Å²) < 4.78 is 6.40. The van der Waals surface area contributed by atoms with Crippen molar-refractivity contribution in [3.63, 3.8) is 0 Å². The summed E-state index contributed by atoms with van der Waals surface area (Å²) in [6, 6.07) is 0. The average molecular weight is 192 g/mol. The average Bonchev–Trinajstić information content (AvgIpc) is 2.52. The topological polar surface area (TPSA) is 9.23 Å². The van der Waals surface area contributed by atoms with E-state index in [9.17, 15) is 0 Å². The molecule has 0 aromatic rings. The zero-order valence-corrected chi connectivity index (χ0v) is 9.31. The van der Waals surface area contributed by atoms with E-state index in [4.69, 9.17) is 4.74 Å². The highest BCUT2D eigenvalue weighted by molar-refractivity contribution is 5.27. The van der Waals surface area contributed by atoms with E-state index >= 15 is 0 Å².